The second kappa shape index (κ2) is 5.31. The highest BCUT2D eigenvalue weighted by atomic mass is 79.9. The first-order chi connectivity index (χ1) is 9.22. The van der Waals surface area contributed by atoms with Gasteiger partial charge in [0, 0.05) is 16.6 Å². The van der Waals surface area contributed by atoms with Crippen LogP contribution in [-0.4, -0.2) is 4.98 Å². The molecule has 96 valence electrons. The lowest BCUT2D eigenvalue weighted by Crippen LogP contribution is -1.96. The zero-order chi connectivity index (χ0) is 13.2. The second-order valence-corrected chi connectivity index (χ2v) is 6.45. The Hall–Kier alpha value is -1.39. The summed E-state index contributed by atoms with van der Waals surface area (Å²) in [5.41, 5.74) is 9.09. The number of halogens is 1. The Morgan fingerprint density at radius 2 is 1.95 bits per heavy atom. The maximum absolute atomic E-state index is 5.96. The zero-order valence-electron chi connectivity index (χ0n) is 10.3. The van der Waals surface area contributed by atoms with Crippen LogP contribution in [0.5, 0.6) is 0 Å². The Morgan fingerprint density at radius 3 is 2.79 bits per heavy atom. The summed E-state index contributed by atoms with van der Waals surface area (Å²) in [6, 6.07) is 14.3. The first kappa shape index (κ1) is 12.6. The van der Waals surface area contributed by atoms with Gasteiger partial charge >= 0.3 is 0 Å². The highest BCUT2D eigenvalue weighted by Gasteiger charge is 2.05. The summed E-state index contributed by atoms with van der Waals surface area (Å²) in [6.45, 7) is 0. The van der Waals surface area contributed by atoms with Gasteiger partial charge in [0.1, 0.15) is 0 Å². The number of hydrogen-bond acceptors (Lipinski definition) is 3. The van der Waals surface area contributed by atoms with Gasteiger partial charge < -0.3 is 5.73 Å². The topological polar surface area (TPSA) is 38.9 Å². The van der Waals surface area contributed by atoms with E-state index in [2.05, 4.69) is 45.2 Å². The van der Waals surface area contributed by atoms with Crippen LogP contribution in [0.25, 0.3) is 10.2 Å². The van der Waals surface area contributed by atoms with Gasteiger partial charge in [0.05, 0.1) is 15.2 Å². The third kappa shape index (κ3) is 2.80. The number of hydrogen-bond donors (Lipinski definition) is 1. The normalized spacial score (nSPS) is 11.0. The maximum atomic E-state index is 5.96. The van der Waals surface area contributed by atoms with Gasteiger partial charge in [0.25, 0.3) is 0 Å². The molecule has 0 aliphatic carbocycles. The third-order valence-corrected chi connectivity index (χ3v) is 4.65. The molecule has 3 rings (SSSR count). The van der Waals surface area contributed by atoms with Crippen molar-refractivity contribution in [2.45, 2.75) is 12.8 Å². The summed E-state index contributed by atoms with van der Waals surface area (Å²) in [4.78, 5) is 4.67. The number of fused-ring (bicyclic) bond motifs is 1. The van der Waals surface area contributed by atoms with Crippen molar-refractivity contribution < 1.29 is 0 Å². The molecule has 2 aromatic carbocycles. The Bertz CT molecular complexity index is 721. The molecule has 2 nitrogen and oxygen atoms in total. The maximum Gasteiger partial charge on any atom is 0.0941 e. The summed E-state index contributed by atoms with van der Waals surface area (Å²) in [6.07, 6.45) is 1.87. The van der Waals surface area contributed by atoms with Gasteiger partial charge in [-0.05, 0) is 36.2 Å². The van der Waals surface area contributed by atoms with Gasteiger partial charge in [0.15, 0.2) is 0 Å². The van der Waals surface area contributed by atoms with E-state index in [1.165, 1.54) is 10.3 Å². The van der Waals surface area contributed by atoms with Gasteiger partial charge in [-0.15, -0.1) is 11.3 Å². The van der Waals surface area contributed by atoms with Crippen LogP contribution in [0, 0.1) is 0 Å². The van der Waals surface area contributed by atoms with Crippen molar-refractivity contribution in [1.29, 1.82) is 0 Å². The van der Waals surface area contributed by atoms with Crippen molar-refractivity contribution >= 4 is 43.2 Å². The van der Waals surface area contributed by atoms with Crippen LogP contribution in [0.15, 0.2) is 46.9 Å². The molecular weight excluding hydrogens is 320 g/mol. The summed E-state index contributed by atoms with van der Waals surface area (Å²) >= 11 is 5.23. The second-order valence-electron chi connectivity index (χ2n) is 4.42. The van der Waals surface area contributed by atoms with Crippen LogP contribution >= 0.6 is 27.3 Å². The van der Waals surface area contributed by atoms with E-state index in [1.54, 1.807) is 11.3 Å². The predicted octanol–water partition coefficient (Wildman–Crippen LogP) is 4.43. The molecule has 0 radical (unpaired) electrons. The molecule has 0 fully saturated rings. The SMILES string of the molecule is Nc1ccccc1CCc1nc2cc(Br)ccc2s1. The molecule has 0 bridgehead atoms. The Balaban J connectivity index is 1.80. The smallest absolute Gasteiger partial charge is 0.0941 e. The average Bonchev–Trinajstić information content (AvgIpc) is 2.79. The minimum Gasteiger partial charge on any atom is -0.399 e. The van der Waals surface area contributed by atoms with E-state index >= 15 is 0 Å². The van der Waals surface area contributed by atoms with E-state index < -0.39 is 0 Å². The van der Waals surface area contributed by atoms with Gasteiger partial charge in [-0.2, -0.15) is 0 Å². The quantitative estimate of drug-likeness (QED) is 0.720. The molecule has 2 N–H and O–H groups in total. The Morgan fingerprint density at radius 1 is 1.11 bits per heavy atom. The molecule has 0 spiro atoms. The number of aryl methyl sites for hydroxylation is 2. The number of thiazole rings is 1. The van der Waals surface area contributed by atoms with E-state index in [0.717, 1.165) is 33.5 Å². The van der Waals surface area contributed by atoms with E-state index in [9.17, 15) is 0 Å². The van der Waals surface area contributed by atoms with Crippen LogP contribution in [0.4, 0.5) is 5.69 Å². The van der Waals surface area contributed by atoms with Crippen molar-refractivity contribution in [1.82, 2.24) is 4.98 Å². The van der Waals surface area contributed by atoms with Crippen LogP contribution < -0.4 is 5.73 Å². The van der Waals surface area contributed by atoms with Gasteiger partial charge in [0.2, 0.25) is 0 Å². The summed E-state index contributed by atoms with van der Waals surface area (Å²) < 4.78 is 2.31. The minimum atomic E-state index is 0.867. The number of nitrogens with zero attached hydrogens (tertiary/aromatic N) is 1. The molecule has 0 saturated carbocycles. The lowest BCUT2D eigenvalue weighted by atomic mass is 10.1. The summed E-state index contributed by atoms with van der Waals surface area (Å²) in [5.74, 6) is 0. The first-order valence-corrected chi connectivity index (χ1v) is 7.72. The molecule has 0 amide bonds. The average molecular weight is 333 g/mol. The predicted molar refractivity (Wildman–Crippen MR) is 85.6 cm³/mol. The van der Waals surface area contributed by atoms with Gasteiger partial charge in [-0.3, -0.25) is 0 Å². The molecule has 0 saturated heterocycles. The molecule has 19 heavy (non-hydrogen) atoms. The molecular formula is C15H13BrN2S. The van der Waals surface area contributed by atoms with Gasteiger partial charge in [-0.25, -0.2) is 4.98 Å². The van der Waals surface area contributed by atoms with E-state index in [4.69, 9.17) is 5.73 Å². The summed E-state index contributed by atoms with van der Waals surface area (Å²) in [7, 11) is 0. The van der Waals surface area contributed by atoms with Crippen molar-refractivity contribution in [3.05, 3.63) is 57.5 Å². The summed E-state index contributed by atoms with van der Waals surface area (Å²) in [5, 5.41) is 1.16. The standard InChI is InChI=1S/C15H13BrN2S/c16-11-6-7-14-13(9-11)18-15(19-14)8-5-10-3-1-2-4-12(10)17/h1-4,6-7,9H,5,8,17H2. The van der Waals surface area contributed by atoms with Crippen molar-refractivity contribution in [3.63, 3.8) is 0 Å². The molecule has 0 atom stereocenters. The van der Waals surface area contributed by atoms with Crippen LogP contribution in [0.3, 0.4) is 0 Å². The lowest BCUT2D eigenvalue weighted by molar-refractivity contribution is 0.951. The number of benzene rings is 2. The Kier molecular flexibility index (Phi) is 3.53. The number of nitrogens with two attached hydrogens (primary N) is 1. The fourth-order valence-corrected chi connectivity index (χ4v) is 3.35. The van der Waals surface area contributed by atoms with E-state index in [0.29, 0.717) is 0 Å². The molecule has 4 heteroatoms. The number of para-hydroxylation sites is 1. The van der Waals surface area contributed by atoms with E-state index in [1.807, 2.05) is 18.2 Å². The third-order valence-electron chi connectivity index (χ3n) is 3.06. The highest BCUT2D eigenvalue weighted by molar-refractivity contribution is 9.10. The van der Waals surface area contributed by atoms with Crippen LogP contribution in [-0.2, 0) is 12.8 Å². The van der Waals surface area contributed by atoms with Crippen molar-refractivity contribution in [2.24, 2.45) is 0 Å². The van der Waals surface area contributed by atoms with Crippen molar-refractivity contribution in [3.8, 4) is 0 Å². The first-order valence-electron chi connectivity index (χ1n) is 6.11. The van der Waals surface area contributed by atoms with Crippen molar-refractivity contribution in [2.75, 3.05) is 5.73 Å². The molecule has 1 heterocycles. The number of rotatable bonds is 3. The number of aromatic nitrogens is 1. The molecule has 0 aliphatic rings. The molecule has 1 aromatic heterocycles. The molecule has 0 unspecified atom stereocenters. The largest absolute Gasteiger partial charge is 0.399 e. The fourth-order valence-electron chi connectivity index (χ4n) is 2.06. The van der Waals surface area contributed by atoms with E-state index in [-0.39, 0.29) is 0 Å². The molecule has 0 aliphatic heterocycles. The zero-order valence-corrected chi connectivity index (χ0v) is 12.7. The van der Waals surface area contributed by atoms with Crippen LogP contribution in [0.1, 0.15) is 10.6 Å². The molecule has 3 aromatic rings. The number of anilines is 1. The number of nitrogen functional groups attached to an aromatic ring is 1. The Labute approximate surface area is 124 Å². The fraction of sp³-hybridized carbons (Fsp3) is 0.133. The highest BCUT2D eigenvalue weighted by Crippen LogP contribution is 2.26. The van der Waals surface area contributed by atoms with Crippen LogP contribution in [0.2, 0.25) is 0 Å². The van der Waals surface area contributed by atoms with Gasteiger partial charge in [-0.1, -0.05) is 34.1 Å². The minimum absolute atomic E-state index is 0.867. The monoisotopic (exact) mass is 332 g/mol. The lowest BCUT2D eigenvalue weighted by Gasteiger charge is -2.02.